The summed E-state index contributed by atoms with van der Waals surface area (Å²) in [5, 5.41) is 7.83. The maximum absolute atomic E-state index is 13.9. The van der Waals surface area contributed by atoms with Gasteiger partial charge in [0.1, 0.15) is 5.82 Å². The van der Waals surface area contributed by atoms with Crippen LogP contribution in [0.1, 0.15) is 44.1 Å². The van der Waals surface area contributed by atoms with E-state index in [1.807, 2.05) is 30.8 Å². The Balaban J connectivity index is 1.55. The van der Waals surface area contributed by atoms with Crippen LogP contribution in [0, 0.1) is 5.82 Å². The Labute approximate surface area is 142 Å². The van der Waals surface area contributed by atoms with Crippen LogP contribution in [0.25, 0.3) is 0 Å². The van der Waals surface area contributed by atoms with Crippen molar-refractivity contribution >= 4 is 17.7 Å². The molecule has 23 heavy (non-hydrogen) atoms. The molecule has 0 bridgehead atoms. The number of nitrogens with one attached hydrogen (secondary N) is 2. The second kappa shape index (κ2) is 7.56. The number of rotatable bonds is 5. The lowest BCUT2D eigenvalue weighted by Gasteiger charge is -2.18. The predicted molar refractivity (Wildman–Crippen MR) is 96.7 cm³/mol. The molecule has 1 aromatic rings. The Bertz CT molecular complexity index is 563. The molecule has 2 aliphatic carbocycles. The molecule has 0 radical (unpaired) electrons. The molecule has 3 rings (SSSR count). The molecule has 2 N–H and O–H groups in total. The largest absolute Gasteiger partial charge is 0.354 e. The van der Waals surface area contributed by atoms with Crippen molar-refractivity contribution in [2.45, 2.75) is 55.9 Å². The number of nitrogens with zero attached hydrogens (tertiary/aromatic N) is 1. The Morgan fingerprint density at radius 2 is 2.09 bits per heavy atom. The zero-order chi connectivity index (χ0) is 16.2. The van der Waals surface area contributed by atoms with E-state index in [1.165, 1.54) is 19.3 Å². The molecule has 0 aromatic heterocycles. The minimum Gasteiger partial charge on any atom is -0.354 e. The molecule has 2 saturated carbocycles. The van der Waals surface area contributed by atoms with Crippen LogP contribution in [0.5, 0.6) is 0 Å². The number of guanidine groups is 1. The first-order valence-corrected chi connectivity index (χ1v) is 9.84. The zero-order valence-corrected chi connectivity index (χ0v) is 14.7. The van der Waals surface area contributed by atoms with Crippen LogP contribution in [0.4, 0.5) is 4.39 Å². The van der Waals surface area contributed by atoms with Gasteiger partial charge in [-0.05, 0) is 50.5 Å². The third-order valence-corrected chi connectivity index (χ3v) is 5.89. The fourth-order valence-electron chi connectivity index (χ4n) is 3.42. The third-order valence-electron chi connectivity index (χ3n) is 4.79. The second-order valence-electron chi connectivity index (χ2n) is 6.45. The molecule has 2 aliphatic rings. The highest BCUT2D eigenvalue weighted by molar-refractivity contribution is 7.99. The van der Waals surface area contributed by atoms with Gasteiger partial charge in [-0.1, -0.05) is 18.2 Å². The lowest BCUT2D eigenvalue weighted by atomic mass is 10.1. The fourth-order valence-corrected chi connectivity index (χ4v) is 4.22. The van der Waals surface area contributed by atoms with Gasteiger partial charge in [-0.2, -0.15) is 11.8 Å². The quantitative estimate of drug-likeness (QED) is 0.638. The summed E-state index contributed by atoms with van der Waals surface area (Å²) in [5.41, 5.74) is 0.823. The van der Waals surface area contributed by atoms with Crippen LogP contribution in [-0.4, -0.2) is 36.1 Å². The Kier molecular flexibility index (Phi) is 5.46. The molecular formula is C18H26FN3S. The van der Waals surface area contributed by atoms with E-state index in [4.69, 9.17) is 0 Å². The summed E-state index contributed by atoms with van der Waals surface area (Å²) in [5.74, 6) is 1.06. The minimum atomic E-state index is -0.0951. The van der Waals surface area contributed by atoms with Gasteiger partial charge in [0.25, 0.3) is 0 Å². The lowest BCUT2D eigenvalue weighted by Crippen LogP contribution is -2.44. The fraction of sp³-hybridized carbons (Fsp3) is 0.611. The number of thioether (sulfide) groups is 1. The first kappa shape index (κ1) is 16.6. The van der Waals surface area contributed by atoms with Gasteiger partial charge in [-0.15, -0.1) is 0 Å². The Morgan fingerprint density at radius 1 is 1.26 bits per heavy atom. The maximum Gasteiger partial charge on any atom is 0.191 e. The van der Waals surface area contributed by atoms with Crippen LogP contribution in [-0.2, 0) is 0 Å². The molecule has 126 valence electrons. The average molecular weight is 335 g/mol. The zero-order valence-electron chi connectivity index (χ0n) is 13.9. The van der Waals surface area contributed by atoms with E-state index in [2.05, 4.69) is 21.9 Å². The molecule has 1 aromatic carbocycles. The highest BCUT2D eigenvalue weighted by Crippen LogP contribution is 2.41. The molecule has 0 heterocycles. The topological polar surface area (TPSA) is 36.4 Å². The first-order valence-electron chi connectivity index (χ1n) is 8.56. The monoisotopic (exact) mass is 335 g/mol. The Morgan fingerprint density at radius 3 is 2.78 bits per heavy atom. The van der Waals surface area contributed by atoms with Crippen molar-refractivity contribution in [3.05, 3.63) is 35.6 Å². The van der Waals surface area contributed by atoms with E-state index >= 15 is 0 Å². The van der Waals surface area contributed by atoms with Crippen LogP contribution >= 0.6 is 11.8 Å². The molecule has 2 fully saturated rings. The lowest BCUT2D eigenvalue weighted by molar-refractivity contribution is 0.601. The normalized spacial score (nSPS) is 30.3. The van der Waals surface area contributed by atoms with Gasteiger partial charge in [0.15, 0.2) is 5.96 Å². The summed E-state index contributed by atoms with van der Waals surface area (Å²) in [4.78, 5) is 4.56. The second-order valence-corrected chi connectivity index (χ2v) is 7.59. The third kappa shape index (κ3) is 4.19. The molecule has 3 nitrogen and oxygen atoms in total. The van der Waals surface area contributed by atoms with Gasteiger partial charge in [-0.25, -0.2) is 4.39 Å². The standard InChI is InChI=1S/C18H26FN3S/c1-3-20-18(21-12-8-9-13(10-12)23-2)22-17-11-15(17)14-6-4-5-7-16(14)19/h4-7,12-13,15,17H,3,8-11H2,1-2H3,(H2,20,21,22). The summed E-state index contributed by atoms with van der Waals surface area (Å²) >= 11 is 1.96. The molecule has 4 atom stereocenters. The van der Waals surface area contributed by atoms with Crippen LogP contribution in [0.3, 0.4) is 0 Å². The summed E-state index contributed by atoms with van der Waals surface area (Å²) in [7, 11) is 0. The van der Waals surface area contributed by atoms with Crippen molar-refractivity contribution in [2.75, 3.05) is 12.8 Å². The average Bonchev–Trinajstić information content (AvgIpc) is 3.14. The van der Waals surface area contributed by atoms with Crippen LogP contribution in [0.2, 0.25) is 0 Å². The number of benzene rings is 1. The predicted octanol–water partition coefficient (Wildman–Crippen LogP) is 3.52. The van der Waals surface area contributed by atoms with Gasteiger partial charge >= 0.3 is 0 Å². The summed E-state index contributed by atoms with van der Waals surface area (Å²) in [6.45, 7) is 2.80. The van der Waals surface area contributed by atoms with E-state index in [0.29, 0.717) is 12.1 Å². The molecule has 0 spiro atoms. The van der Waals surface area contributed by atoms with Crippen LogP contribution < -0.4 is 10.6 Å². The molecule has 0 saturated heterocycles. The van der Waals surface area contributed by atoms with E-state index in [9.17, 15) is 4.39 Å². The van der Waals surface area contributed by atoms with E-state index < -0.39 is 0 Å². The van der Waals surface area contributed by atoms with E-state index in [-0.39, 0.29) is 11.7 Å². The first-order chi connectivity index (χ1) is 11.2. The smallest absolute Gasteiger partial charge is 0.191 e. The molecule has 0 aliphatic heterocycles. The van der Waals surface area contributed by atoms with Crippen molar-refractivity contribution in [1.82, 2.24) is 10.6 Å². The minimum absolute atomic E-state index is 0.0951. The van der Waals surface area contributed by atoms with Gasteiger partial charge in [-0.3, -0.25) is 4.99 Å². The van der Waals surface area contributed by atoms with E-state index in [0.717, 1.165) is 29.7 Å². The van der Waals surface area contributed by atoms with Crippen molar-refractivity contribution in [3.63, 3.8) is 0 Å². The highest BCUT2D eigenvalue weighted by Gasteiger charge is 2.40. The molecular weight excluding hydrogens is 309 g/mol. The molecule has 0 amide bonds. The number of hydrogen-bond acceptors (Lipinski definition) is 2. The summed E-state index contributed by atoms with van der Waals surface area (Å²) in [6.07, 6.45) is 6.85. The summed E-state index contributed by atoms with van der Waals surface area (Å²) in [6, 6.07) is 7.90. The molecule has 4 unspecified atom stereocenters. The van der Waals surface area contributed by atoms with Gasteiger partial charge in [0, 0.05) is 29.8 Å². The van der Waals surface area contributed by atoms with Gasteiger partial charge in [0.05, 0.1) is 0 Å². The van der Waals surface area contributed by atoms with E-state index in [1.54, 1.807) is 12.1 Å². The SMILES string of the molecule is CCN=C(NC1CCC(SC)C1)NC1CC1c1ccccc1F. The van der Waals surface area contributed by atoms with Gasteiger partial charge in [0.2, 0.25) is 0 Å². The molecule has 5 heteroatoms. The number of aliphatic imine (C=N–C) groups is 1. The Hall–Kier alpha value is -1.23. The number of hydrogen-bond donors (Lipinski definition) is 2. The van der Waals surface area contributed by atoms with Crippen molar-refractivity contribution in [3.8, 4) is 0 Å². The highest BCUT2D eigenvalue weighted by atomic mass is 32.2. The maximum atomic E-state index is 13.9. The number of halogens is 1. The van der Waals surface area contributed by atoms with Crippen molar-refractivity contribution in [1.29, 1.82) is 0 Å². The summed E-state index contributed by atoms with van der Waals surface area (Å²) < 4.78 is 13.9. The van der Waals surface area contributed by atoms with Gasteiger partial charge < -0.3 is 10.6 Å². The van der Waals surface area contributed by atoms with Crippen molar-refractivity contribution < 1.29 is 4.39 Å². The van der Waals surface area contributed by atoms with Crippen LogP contribution in [0.15, 0.2) is 29.3 Å². The van der Waals surface area contributed by atoms with Crippen molar-refractivity contribution in [2.24, 2.45) is 4.99 Å².